The van der Waals surface area contributed by atoms with E-state index >= 15 is 0 Å². The van der Waals surface area contributed by atoms with Crippen molar-refractivity contribution in [2.75, 3.05) is 26.8 Å². The molecule has 0 aromatic carbocycles. The Bertz CT molecular complexity index is 435. The second kappa shape index (κ2) is 9.77. The summed E-state index contributed by atoms with van der Waals surface area (Å²) in [6.45, 7) is 2.44. The number of ether oxygens (including phenoxy) is 1. The Hall–Kier alpha value is -2.08. The minimum absolute atomic E-state index is 0.172. The molecule has 0 atom stereocenters. The highest BCUT2D eigenvalue weighted by molar-refractivity contribution is 5.77. The lowest BCUT2D eigenvalue weighted by molar-refractivity contribution is -0.104. The van der Waals surface area contributed by atoms with E-state index in [4.69, 9.17) is 16.2 Å². The third-order valence-electron chi connectivity index (χ3n) is 3.24. The van der Waals surface area contributed by atoms with Crippen LogP contribution in [0.15, 0.2) is 40.9 Å². The van der Waals surface area contributed by atoms with Gasteiger partial charge in [0.2, 0.25) is 0 Å². The average molecular weight is 292 g/mol. The molecule has 116 valence electrons. The molecule has 6 nitrogen and oxygen atoms in total. The molecular formula is C15H24N4O2. The Morgan fingerprint density at radius 2 is 2.14 bits per heavy atom. The number of carbonyl (C=O) groups is 1. The standard InChI is InChI=1S/C15H24N4O2/c1-19(6-2-3-14(17)12-20)15(9-16)11-18-10-13-4-7-21-8-5-13/h2-3,6,9,11-13H,4-5,7-8,10,16-17H2,1H3/b6-2-,14-3+,15-9?,18-11?. The van der Waals surface area contributed by atoms with Crippen LogP contribution in [0.5, 0.6) is 0 Å². The van der Waals surface area contributed by atoms with Crippen LogP contribution in [-0.4, -0.2) is 44.2 Å². The Morgan fingerprint density at radius 1 is 1.43 bits per heavy atom. The number of carbonyl (C=O) groups excluding carboxylic acids is 1. The maximum Gasteiger partial charge on any atom is 0.165 e. The van der Waals surface area contributed by atoms with Gasteiger partial charge >= 0.3 is 0 Å². The highest BCUT2D eigenvalue weighted by atomic mass is 16.5. The minimum Gasteiger partial charge on any atom is -0.403 e. The van der Waals surface area contributed by atoms with E-state index in [-0.39, 0.29) is 5.70 Å². The molecule has 0 aromatic rings. The second-order valence-electron chi connectivity index (χ2n) is 4.88. The smallest absolute Gasteiger partial charge is 0.165 e. The number of rotatable bonds is 7. The van der Waals surface area contributed by atoms with Gasteiger partial charge in [-0.1, -0.05) is 0 Å². The van der Waals surface area contributed by atoms with Crippen LogP contribution in [0.4, 0.5) is 0 Å². The summed E-state index contributed by atoms with van der Waals surface area (Å²) < 4.78 is 5.32. The molecule has 1 saturated heterocycles. The van der Waals surface area contributed by atoms with Crippen molar-refractivity contribution in [3.63, 3.8) is 0 Å². The summed E-state index contributed by atoms with van der Waals surface area (Å²) in [5.41, 5.74) is 11.9. The van der Waals surface area contributed by atoms with Gasteiger partial charge in [0.25, 0.3) is 0 Å². The Kier molecular flexibility index (Phi) is 7.89. The first-order chi connectivity index (χ1) is 10.2. The van der Waals surface area contributed by atoms with Crippen LogP contribution in [0, 0.1) is 5.92 Å². The summed E-state index contributed by atoms with van der Waals surface area (Å²) in [5.74, 6) is 0.588. The second-order valence-corrected chi connectivity index (χ2v) is 4.88. The van der Waals surface area contributed by atoms with E-state index in [1.54, 1.807) is 18.5 Å². The summed E-state index contributed by atoms with van der Waals surface area (Å²) >= 11 is 0. The van der Waals surface area contributed by atoms with E-state index < -0.39 is 0 Å². The molecule has 21 heavy (non-hydrogen) atoms. The zero-order chi connectivity index (χ0) is 15.5. The van der Waals surface area contributed by atoms with E-state index in [1.807, 2.05) is 11.9 Å². The summed E-state index contributed by atoms with van der Waals surface area (Å²) in [5, 5.41) is 0. The lowest BCUT2D eigenvalue weighted by Crippen LogP contribution is -2.18. The van der Waals surface area contributed by atoms with Crippen molar-refractivity contribution in [1.29, 1.82) is 0 Å². The van der Waals surface area contributed by atoms with Crippen molar-refractivity contribution in [3.8, 4) is 0 Å². The molecule has 1 aliphatic rings. The normalized spacial score (nSPS) is 18.5. The van der Waals surface area contributed by atoms with Crippen LogP contribution in [0.1, 0.15) is 12.8 Å². The van der Waals surface area contributed by atoms with Gasteiger partial charge in [0, 0.05) is 45.4 Å². The van der Waals surface area contributed by atoms with Gasteiger partial charge in [0.15, 0.2) is 6.29 Å². The number of nitrogens with two attached hydrogens (primary N) is 2. The third-order valence-corrected chi connectivity index (χ3v) is 3.24. The first-order valence-corrected chi connectivity index (χ1v) is 6.98. The van der Waals surface area contributed by atoms with Crippen molar-refractivity contribution in [2.24, 2.45) is 22.4 Å². The number of hydrogen-bond acceptors (Lipinski definition) is 6. The van der Waals surface area contributed by atoms with Crippen molar-refractivity contribution in [3.05, 3.63) is 35.9 Å². The number of allylic oxidation sites excluding steroid dienone is 4. The van der Waals surface area contributed by atoms with E-state index in [2.05, 4.69) is 4.99 Å². The van der Waals surface area contributed by atoms with Crippen LogP contribution in [0.3, 0.4) is 0 Å². The molecule has 1 heterocycles. The molecule has 1 aliphatic heterocycles. The fourth-order valence-electron chi connectivity index (χ4n) is 1.88. The highest BCUT2D eigenvalue weighted by Gasteiger charge is 2.12. The summed E-state index contributed by atoms with van der Waals surface area (Å²) in [7, 11) is 1.85. The monoisotopic (exact) mass is 292 g/mol. The summed E-state index contributed by atoms with van der Waals surface area (Å²) in [6.07, 6.45) is 10.9. The number of aldehydes is 1. The van der Waals surface area contributed by atoms with Crippen molar-refractivity contribution in [2.45, 2.75) is 12.8 Å². The minimum atomic E-state index is 0.172. The Balaban J connectivity index is 2.47. The number of nitrogens with zero attached hydrogens (tertiary/aromatic N) is 2. The predicted molar refractivity (Wildman–Crippen MR) is 84.4 cm³/mol. The van der Waals surface area contributed by atoms with Crippen LogP contribution < -0.4 is 11.5 Å². The summed E-state index contributed by atoms with van der Waals surface area (Å²) in [6, 6.07) is 0. The molecule has 0 saturated carbocycles. The van der Waals surface area contributed by atoms with E-state index in [9.17, 15) is 4.79 Å². The van der Waals surface area contributed by atoms with E-state index in [0.29, 0.717) is 12.2 Å². The Morgan fingerprint density at radius 3 is 2.76 bits per heavy atom. The largest absolute Gasteiger partial charge is 0.403 e. The predicted octanol–water partition coefficient (Wildman–Crippen LogP) is 0.771. The zero-order valence-electron chi connectivity index (χ0n) is 12.4. The third kappa shape index (κ3) is 6.76. The molecule has 0 aromatic heterocycles. The van der Waals surface area contributed by atoms with Crippen molar-refractivity contribution >= 4 is 12.5 Å². The van der Waals surface area contributed by atoms with Crippen LogP contribution in [0.25, 0.3) is 0 Å². The topological polar surface area (TPSA) is 93.9 Å². The SMILES string of the molecule is CN(/C=C\C=C(\N)C=O)C(C=NCC1CCOCC1)=CN. The molecule has 0 radical (unpaired) electrons. The quantitative estimate of drug-likeness (QED) is 0.313. The van der Waals surface area contributed by atoms with Gasteiger partial charge in [-0.15, -0.1) is 0 Å². The van der Waals surface area contributed by atoms with Gasteiger partial charge in [0.1, 0.15) is 0 Å². The van der Waals surface area contributed by atoms with Gasteiger partial charge in [-0.25, -0.2) is 0 Å². The lowest BCUT2D eigenvalue weighted by atomic mass is 10.0. The van der Waals surface area contributed by atoms with Crippen LogP contribution in [0.2, 0.25) is 0 Å². The molecule has 1 fully saturated rings. The summed E-state index contributed by atoms with van der Waals surface area (Å²) in [4.78, 5) is 16.6. The zero-order valence-corrected chi connectivity index (χ0v) is 12.4. The molecule has 4 N–H and O–H groups in total. The van der Waals surface area contributed by atoms with Crippen molar-refractivity contribution in [1.82, 2.24) is 4.90 Å². The Labute approximate surface area is 125 Å². The van der Waals surface area contributed by atoms with Gasteiger partial charge in [-0.2, -0.15) is 0 Å². The number of hydrogen-bond donors (Lipinski definition) is 2. The molecule has 0 unspecified atom stereocenters. The first kappa shape index (κ1) is 17.0. The van der Waals surface area contributed by atoms with Gasteiger partial charge in [0.05, 0.1) is 11.4 Å². The lowest BCUT2D eigenvalue weighted by Gasteiger charge is -2.20. The molecule has 0 aliphatic carbocycles. The van der Waals surface area contributed by atoms with E-state index in [1.165, 1.54) is 12.3 Å². The maximum atomic E-state index is 10.4. The van der Waals surface area contributed by atoms with Gasteiger partial charge in [-0.05, 0) is 30.9 Å². The van der Waals surface area contributed by atoms with Crippen LogP contribution >= 0.6 is 0 Å². The maximum absolute atomic E-state index is 10.4. The first-order valence-electron chi connectivity index (χ1n) is 6.98. The molecule has 0 bridgehead atoms. The fourth-order valence-corrected chi connectivity index (χ4v) is 1.88. The van der Waals surface area contributed by atoms with Crippen molar-refractivity contribution < 1.29 is 9.53 Å². The average Bonchev–Trinajstić information content (AvgIpc) is 2.52. The van der Waals surface area contributed by atoms with E-state index in [0.717, 1.165) is 38.3 Å². The van der Waals surface area contributed by atoms with Gasteiger partial charge in [-0.3, -0.25) is 9.79 Å². The highest BCUT2D eigenvalue weighted by Crippen LogP contribution is 2.14. The molecule has 6 heteroatoms. The molecular weight excluding hydrogens is 268 g/mol. The molecule has 0 amide bonds. The van der Waals surface area contributed by atoms with Crippen LogP contribution in [-0.2, 0) is 9.53 Å². The molecule has 0 spiro atoms. The number of aliphatic imine (C=N–C) groups is 1. The molecule has 1 rings (SSSR count). The van der Waals surface area contributed by atoms with Gasteiger partial charge < -0.3 is 21.1 Å². The fraction of sp³-hybridized carbons (Fsp3) is 0.467.